The first-order valence-electron chi connectivity index (χ1n) is 6.12. The zero-order valence-electron chi connectivity index (χ0n) is 11.0. The normalized spacial score (nSPS) is 9.85. The molecule has 5 heteroatoms. The molecule has 0 atom stereocenters. The molecule has 1 amide bonds. The largest absolute Gasteiger partial charge is 0.439 e. The molecule has 2 rings (SSSR count). The first-order valence-corrected chi connectivity index (χ1v) is 6.12. The van der Waals surface area contributed by atoms with Gasteiger partial charge in [0.2, 0.25) is 11.8 Å². The van der Waals surface area contributed by atoms with Gasteiger partial charge >= 0.3 is 0 Å². The molecule has 0 unspecified atom stereocenters. The van der Waals surface area contributed by atoms with E-state index in [9.17, 15) is 9.59 Å². The van der Waals surface area contributed by atoms with Crippen LogP contribution in [-0.4, -0.2) is 16.7 Å². The van der Waals surface area contributed by atoms with E-state index >= 15 is 0 Å². The Morgan fingerprint density at radius 2 is 1.90 bits per heavy atom. The number of ketones is 1. The predicted molar refractivity (Wildman–Crippen MR) is 74.7 cm³/mol. The maximum absolute atomic E-state index is 11.4. The third kappa shape index (κ3) is 4.20. The second kappa shape index (κ2) is 6.47. The van der Waals surface area contributed by atoms with Crippen LogP contribution in [0.5, 0.6) is 11.6 Å². The fourth-order valence-electron chi connectivity index (χ4n) is 1.56. The Balaban J connectivity index is 1.96. The zero-order chi connectivity index (χ0) is 14.4. The SMILES string of the molecule is CC(=O)CC(=O)Nc1ccc(Oc2ccccc2)nc1. The minimum absolute atomic E-state index is 0.137. The monoisotopic (exact) mass is 270 g/mol. The van der Waals surface area contributed by atoms with E-state index in [0.29, 0.717) is 17.3 Å². The molecule has 1 aromatic carbocycles. The molecule has 20 heavy (non-hydrogen) atoms. The molecular formula is C15H14N2O3. The number of hydrogen-bond acceptors (Lipinski definition) is 4. The number of para-hydroxylation sites is 1. The lowest BCUT2D eigenvalue weighted by atomic mass is 10.3. The van der Waals surface area contributed by atoms with Gasteiger partial charge in [0.25, 0.3) is 0 Å². The lowest BCUT2D eigenvalue weighted by Gasteiger charge is -2.06. The molecule has 2 aromatic rings. The van der Waals surface area contributed by atoms with Crippen LogP contribution in [0.2, 0.25) is 0 Å². The number of carbonyl (C=O) groups excluding carboxylic acids is 2. The highest BCUT2D eigenvalue weighted by Gasteiger charge is 2.06. The Hall–Kier alpha value is -2.69. The van der Waals surface area contributed by atoms with Crippen molar-refractivity contribution in [2.24, 2.45) is 0 Å². The molecule has 0 aliphatic rings. The van der Waals surface area contributed by atoms with Gasteiger partial charge in [-0.05, 0) is 25.1 Å². The highest BCUT2D eigenvalue weighted by molar-refractivity contribution is 6.03. The number of nitrogens with zero attached hydrogens (tertiary/aromatic N) is 1. The summed E-state index contributed by atoms with van der Waals surface area (Å²) in [6.07, 6.45) is 1.35. The van der Waals surface area contributed by atoms with Gasteiger partial charge in [0, 0.05) is 6.07 Å². The van der Waals surface area contributed by atoms with Gasteiger partial charge in [-0.3, -0.25) is 9.59 Å². The molecule has 1 N–H and O–H groups in total. The summed E-state index contributed by atoms with van der Waals surface area (Å²) in [5.41, 5.74) is 0.525. The number of Topliss-reactive ketones (excluding diaryl/α,β-unsaturated/α-hetero) is 1. The van der Waals surface area contributed by atoms with E-state index in [4.69, 9.17) is 4.74 Å². The van der Waals surface area contributed by atoms with E-state index < -0.39 is 0 Å². The number of ether oxygens (including phenoxy) is 1. The van der Waals surface area contributed by atoms with E-state index in [1.165, 1.54) is 13.1 Å². The minimum atomic E-state index is -0.351. The van der Waals surface area contributed by atoms with Crippen LogP contribution in [0, 0.1) is 0 Å². The zero-order valence-corrected chi connectivity index (χ0v) is 11.0. The highest BCUT2D eigenvalue weighted by Crippen LogP contribution is 2.19. The van der Waals surface area contributed by atoms with Crippen LogP contribution in [0.25, 0.3) is 0 Å². The smallest absolute Gasteiger partial charge is 0.231 e. The molecule has 0 fully saturated rings. The molecular weight excluding hydrogens is 256 g/mol. The predicted octanol–water partition coefficient (Wildman–Crippen LogP) is 2.79. The number of anilines is 1. The van der Waals surface area contributed by atoms with Crippen molar-refractivity contribution in [3.63, 3.8) is 0 Å². The molecule has 0 saturated carbocycles. The summed E-state index contributed by atoms with van der Waals surface area (Å²) in [6, 6.07) is 12.6. The summed E-state index contributed by atoms with van der Waals surface area (Å²) in [5, 5.41) is 2.59. The Morgan fingerprint density at radius 1 is 1.15 bits per heavy atom. The fourth-order valence-corrected chi connectivity index (χ4v) is 1.56. The van der Waals surface area contributed by atoms with Gasteiger partial charge in [0.15, 0.2) is 0 Å². The minimum Gasteiger partial charge on any atom is -0.439 e. The highest BCUT2D eigenvalue weighted by atomic mass is 16.5. The van der Waals surface area contributed by atoms with E-state index in [1.807, 2.05) is 30.3 Å². The number of nitrogens with one attached hydrogen (secondary N) is 1. The van der Waals surface area contributed by atoms with Gasteiger partial charge < -0.3 is 10.1 Å². The number of aromatic nitrogens is 1. The first kappa shape index (κ1) is 13.7. The molecule has 1 aromatic heterocycles. The Kier molecular flexibility index (Phi) is 4.44. The Morgan fingerprint density at radius 3 is 2.50 bits per heavy atom. The average molecular weight is 270 g/mol. The molecule has 0 radical (unpaired) electrons. The number of carbonyl (C=O) groups is 2. The van der Waals surface area contributed by atoms with Gasteiger partial charge in [-0.1, -0.05) is 18.2 Å². The summed E-state index contributed by atoms with van der Waals surface area (Å²) in [4.78, 5) is 26.3. The van der Waals surface area contributed by atoms with E-state index in [1.54, 1.807) is 12.1 Å². The van der Waals surface area contributed by atoms with Crippen molar-refractivity contribution in [2.45, 2.75) is 13.3 Å². The third-order valence-corrected chi connectivity index (χ3v) is 2.40. The molecule has 1 heterocycles. The second-order valence-corrected chi connectivity index (χ2v) is 4.23. The van der Waals surface area contributed by atoms with Crippen LogP contribution in [0.1, 0.15) is 13.3 Å². The fraction of sp³-hybridized carbons (Fsp3) is 0.133. The molecule has 0 spiro atoms. The van der Waals surface area contributed by atoms with E-state index in [2.05, 4.69) is 10.3 Å². The number of rotatable bonds is 5. The van der Waals surface area contributed by atoms with Gasteiger partial charge in [-0.15, -0.1) is 0 Å². The number of benzene rings is 1. The van der Waals surface area contributed by atoms with E-state index in [-0.39, 0.29) is 18.1 Å². The van der Waals surface area contributed by atoms with Crippen molar-refractivity contribution >= 4 is 17.4 Å². The van der Waals surface area contributed by atoms with Crippen molar-refractivity contribution in [3.8, 4) is 11.6 Å². The van der Waals surface area contributed by atoms with Crippen LogP contribution in [0.4, 0.5) is 5.69 Å². The van der Waals surface area contributed by atoms with Crippen molar-refractivity contribution in [3.05, 3.63) is 48.7 Å². The topological polar surface area (TPSA) is 68.3 Å². The Labute approximate surface area is 116 Å². The molecule has 102 valence electrons. The van der Waals surface area contributed by atoms with Crippen LogP contribution < -0.4 is 10.1 Å². The van der Waals surface area contributed by atoms with Crippen LogP contribution in [0.15, 0.2) is 48.7 Å². The standard InChI is InChI=1S/C15H14N2O3/c1-11(18)9-14(19)17-12-7-8-15(16-10-12)20-13-5-3-2-4-6-13/h2-8,10H,9H2,1H3,(H,17,19). The van der Waals surface area contributed by atoms with Crippen molar-refractivity contribution in [1.82, 2.24) is 4.98 Å². The lowest BCUT2D eigenvalue weighted by Crippen LogP contribution is -2.14. The average Bonchev–Trinajstić information content (AvgIpc) is 2.41. The summed E-state index contributed by atoms with van der Waals surface area (Å²) in [7, 11) is 0. The molecule has 5 nitrogen and oxygen atoms in total. The first-order chi connectivity index (χ1) is 9.63. The maximum Gasteiger partial charge on any atom is 0.231 e. The Bertz CT molecular complexity index is 594. The van der Waals surface area contributed by atoms with Gasteiger partial charge in [0.05, 0.1) is 18.3 Å². The van der Waals surface area contributed by atoms with Crippen molar-refractivity contribution in [1.29, 1.82) is 0 Å². The summed E-state index contributed by atoms with van der Waals surface area (Å²) in [6.45, 7) is 1.37. The number of pyridine rings is 1. The van der Waals surface area contributed by atoms with E-state index in [0.717, 1.165) is 0 Å². The molecule has 0 aliphatic carbocycles. The van der Waals surface area contributed by atoms with Gasteiger partial charge in [-0.2, -0.15) is 0 Å². The lowest BCUT2D eigenvalue weighted by molar-refractivity contribution is -0.124. The van der Waals surface area contributed by atoms with Crippen LogP contribution >= 0.6 is 0 Å². The summed E-state index contributed by atoms with van der Waals surface area (Å²) in [5.74, 6) is 0.588. The van der Waals surface area contributed by atoms with Crippen molar-refractivity contribution < 1.29 is 14.3 Å². The summed E-state index contributed by atoms with van der Waals surface area (Å²) >= 11 is 0. The maximum atomic E-state index is 11.4. The quantitative estimate of drug-likeness (QED) is 0.848. The number of amides is 1. The number of hydrogen-bond donors (Lipinski definition) is 1. The second-order valence-electron chi connectivity index (χ2n) is 4.23. The molecule has 0 bridgehead atoms. The molecule has 0 saturated heterocycles. The van der Waals surface area contributed by atoms with Crippen molar-refractivity contribution in [2.75, 3.05) is 5.32 Å². The van der Waals surface area contributed by atoms with Gasteiger partial charge in [0.1, 0.15) is 11.5 Å². The van der Waals surface area contributed by atoms with Crippen LogP contribution in [0.3, 0.4) is 0 Å². The summed E-state index contributed by atoms with van der Waals surface area (Å²) < 4.78 is 5.52. The van der Waals surface area contributed by atoms with Gasteiger partial charge in [-0.25, -0.2) is 4.98 Å². The molecule has 0 aliphatic heterocycles. The van der Waals surface area contributed by atoms with Crippen LogP contribution in [-0.2, 0) is 9.59 Å². The third-order valence-electron chi connectivity index (χ3n) is 2.40.